The highest BCUT2D eigenvalue weighted by atomic mass is 35.5. The Morgan fingerprint density at radius 1 is 1.03 bits per heavy atom. The summed E-state index contributed by atoms with van der Waals surface area (Å²) in [6, 6.07) is 16.6. The van der Waals surface area contributed by atoms with Gasteiger partial charge in [0.25, 0.3) is 0 Å². The maximum atomic E-state index is 13.6. The van der Waals surface area contributed by atoms with Gasteiger partial charge in [-0.05, 0) is 36.1 Å². The third kappa shape index (κ3) is 4.46. The molecular formula is C23H25ClN2O3. The predicted molar refractivity (Wildman–Crippen MR) is 111 cm³/mol. The SMILES string of the molecule is O=C(C(c1ccccc1)N1CCCCC1=O)N1CCOC(c2ccc(Cl)cc2)C1. The van der Waals surface area contributed by atoms with E-state index in [1.807, 2.05) is 59.5 Å². The van der Waals surface area contributed by atoms with Crippen LogP contribution in [0.25, 0.3) is 0 Å². The second kappa shape index (κ2) is 8.97. The molecule has 0 bridgehead atoms. The number of rotatable bonds is 4. The molecule has 2 heterocycles. The van der Waals surface area contributed by atoms with Crippen molar-refractivity contribution in [2.45, 2.75) is 31.4 Å². The van der Waals surface area contributed by atoms with Crippen molar-refractivity contribution in [2.24, 2.45) is 0 Å². The van der Waals surface area contributed by atoms with E-state index in [1.54, 1.807) is 4.90 Å². The van der Waals surface area contributed by atoms with E-state index in [9.17, 15) is 9.59 Å². The van der Waals surface area contributed by atoms with Crippen LogP contribution in [0.1, 0.15) is 42.5 Å². The molecule has 2 aliphatic rings. The summed E-state index contributed by atoms with van der Waals surface area (Å²) in [7, 11) is 0. The van der Waals surface area contributed by atoms with E-state index in [0.717, 1.165) is 24.0 Å². The van der Waals surface area contributed by atoms with Crippen molar-refractivity contribution >= 4 is 23.4 Å². The maximum Gasteiger partial charge on any atom is 0.250 e. The topological polar surface area (TPSA) is 49.9 Å². The van der Waals surface area contributed by atoms with Gasteiger partial charge in [0.05, 0.1) is 13.2 Å². The molecule has 0 radical (unpaired) electrons. The Bertz CT molecular complexity index is 856. The van der Waals surface area contributed by atoms with Gasteiger partial charge in [0.15, 0.2) is 0 Å². The van der Waals surface area contributed by atoms with Crippen LogP contribution in [0.4, 0.5) is 0 Å². The number of piperidine rings is 1. The standard InChI is InChI=1S/C23H25ClN2O3/c24-19-11-9-17(10-12-19)20-16-25(14-15-29-20)23(28)22(18-6-2-1-3-7-18)26-13-5-4-8-21(26)27/h1-3,6-7,9-12,20,22H,4-5,8,13-16H2. The van der Waals surface area contributed by atoms with Gasteiger partial charge < -0.3 is 14.5 Å². The van der Waals surface area contributed by atoms with Crippen molar-refractivity contribution in [1.82, 2.24) is 9.80 Å². The van der Waals surface area contributed by atoms with Crippen molar-refractivity contribution in [1.29, 1.82) is 0 Å². The molecular weight excluding hydrogens is 388 g/mol. The Morgan fingerprint density at radius 2 is 1.79 bits per heavy atom. The van der Waals surface area contributed by atoms with Gasteiger partial charge in [-0.15, -0.1) is 0 Å². The van der Waals surface area contributed by atoms with E-state index in [1.165, 1.54) is 0 Å². The average molecular weight is 413 g/mol. The zero-order valence-electron chi connectivity index (χ0n) is 16.3. The van der Waals surface area contributed by atoms with Gasteiger partial charge >= 0.3 is 0 Å². The number of nitrogens with zero attached hydrogens (tertiary/aromatic N) is 2. The molecule has 2 atom stereocenters. The van der Waals surface area contributed by atoms with Gasteiger partial charge in [0.2, 0.25) is 11.8 Å². The molecule has 2 fully saturated rings. The third-order valence-electron chi connectivity index (χ3n) is 5.64. The first-order valence-electron chi connectivity index (χ1n) is 10.1. The highest BCUT2D eigenvalue weighted by molar-refractivity contribution is 6.30. The Balaban J connectivity index is 1.58. The second-order valence-electron chi connectivity index (χ2n) is 7.55. The van der Waals surface area contributed by atoms with Crippen LogP contribution in [0.15, 0.2) is 54.6 Å². The average Bonchev–Trinajstić information content (AvgIpc) is 2.76. The van der Waals surface area contributed by atoms with Crippen LogP contribution in [-0.4, -0.2) is 47.9 Å². The summed E-state index contributed by atoms with van der Waals surface area (Å²) in [6.07, 6.45) is 2.13. The molecule has 2 aliphatic heterocycles. The van der Waals surface area contributed by atoms with Crippen LogP contribution in [0.5, 0.6) is 0 Å². The van der Waals surface area contributed by atoms with Gasteiger partial charge in [-0.3, -0.25) is 9.59 Å². The van der Waals surface area contributed by atoms with Crippen molar-refractivity contribution < 1.29 is 14.3 Å². The van der Waals surface area contributed by atoms with Crippen LogP contribution in [0, 0.1) is 0 Å². The Hall–Kier alpha value is -2.37. The first-order valence-corrected chi connectivity index (χ1v) is 10.5. The van der Waals surface area contributed by atoms with E-state index in [-0.39, 0.29) is 17.9 Å². The van der Waals surface area contributed by atoms with E-state index < -0.39 is 6.04 Å². The highest BCUT2D eigenvalue weighted by Crippen LogP contribution is 2.30. The summed E-state index contributed by atoms with van der Waals surface area (Å²) in [5.41, 5.74) is 1.86. The van der Waals surface area contributed by atoms with Gasteiger partial charge in [-0.25, -0.2) is 0 Å². The Labute approximate surface area is 176 Å². The summed E-state index contributed by atoms with van der Waals surface area (Å²) in [5.74, 6) is 0.0228. The molecule has 6 heteroatoms. The monoisotopic (exact) mass is 412 g/mol. The van der Waals surface area contributed by atoms with E-state index in [0.29, 0.717) is 37.7 Å². The summed E-state index contributed by atoms with van der Waals surface area (Å²) in [4.78, 5) is 29.9. The molecule has 0 N–H and O–H groups in total. The molecule has 2 saturated heterocycles. The number of benzene rings is 2. The smallest absolute Gasteiger partial charge is 0.250 e. The summed E-state index contributed by atoms with van der Waals surface area (Å²) >= 11 is 6.00. The van der Waals surface area contributed by atoms with Gasteiger partial charge in [-0.1, -0.05) is 54.1 Å². The molecule has 2 aromatic rings. The lowest BCUT2D eigenvalue weighted by molar-refractivity contribution is -0.152. The second-order valence-corrected chi connectivity index (χ2v) is 7.99. The van der Waals surface area contributed by atoms with E-state index in [2.05, 4.69) is 0 Å². The number of ether oxygens (including phenoxy) is 1. The zero-order valence-corrected chi connectivity index (χ0v) is 17.1. The van der Waals surface area contributed by atoms with Crippen LogP contribution >= 0.6 is 11.6 Å². The lowest BCUT2D eigenvalue weighted by Gasteiger charge is -2.40. The molecule has 0 aliphatic carbocycles. The summed E-state index contributed by atoms with van der Waals surface area (Å²) in [6.45, 7) is 2.07. The number of halogens is 1. The fourth-order valence-corrected chi connectivity index (χ4v) is 4.22. The Kier molecular flexibility index (Phi) is 6.16. The quantitative estimate of drug-likeness (QED) is 0.762. The number of hydrogen-bond acceptors (Lipinski definition) is 3. The molecule has 2 unspecified atom stereocenters. The lowest BCUT2D eigenvalue weighted by Crippen LogP contribution is -2.50. The third-order valence-corrected chi connectivity index (χ3v) is 5.89. The Morgan fingerprint density at radius 3 is 2.52 bits per heavy atom. The number of likely N-dealkylation sites (tertiary alicyclic amines) is 1. The van der Waals surface area contributed by atoms with Gasteiger partial charge in [0, 0.05) is 24.5 Å². The molecule has 2 aromatic carbocycles. The molecule has 5 nitrogen and oxygen atoms in total. The van der Waals surface area contributed by atoms with Crippen molar-refractivity contribution in [2.75, 3.05) is 26.2 Å². The number of carbonyl (C=O) groups is 2. The minimum absolute atomic E-state index is 0.0336. The molecule has 2 amide bonds. The van der Waals surface area contributed by atoms with E-state index >= 15 is 0 Å². The normalized spacial score (nSPS) is 21.1. The summed E-state index contributed by atoms with van der Waals surface area (Å²) in [5, 5.41) is 0.672. The first-order chi connectivity index (χ1) is 14.1. The van der Waals surface area contributed by atoms with Crippen LogP contribution < -0.4 is 0 Å². The number of morpholine rings is 1. The number of amides is 2. The fraction of sp³-hybridized carbons (Fsp3) is 0.391. The maximum absolute atomic E-state index is 13.6. The molecule has 4 rings (SSSR count). The van der Waals surface area contributed by atoms with Crippen molar-refractivity contribution in [3.05, 3.63) is 70.7 Å². The number of hydrogen-bond donors (Lipinski definition) is 0. The lowest BCUT2D eigenvalue weighted by atomic mass is 9.99. The molecule has 152 valence electrons. The van der Waals surface area contributed by atoms with E-state index in [4.69, 9.17) is 16.3 Å². The van der Waals surface area contributed by atoms with Crippen LogP contribution in [0.2, 0.25) is 5.02 Å². The van der Waals surface area contributed by atoms with Gasteiger partial charge in [-0.2, -0.15) is 0 Å². The van der Waals surface area contributed by atoms with Crippen molar-refractivity contribution in [3.8, 4) is 0 Å². The summed E-state index contributed by atoms with van der Waals surface area (Å²) < 4.78 is 5.92. The molecule has 0 spiro atoms. The minimum Gasteiger partial charge on any atom is -0.370 e. The van der Waals surface area contributed by atoms with Gasteiger partial charge in [0.1, 0.15) is 12.1 Å². The van der Waals surface area contributed by atoms with Crippen LogP contribution in [-0.2, 0) is 14.3 Å². The number of carbonyl (C=O) groups excluding carboxylic acids is 2. The molecule has 29 heavy (non-hydrogen) atoms. The zero-order chi connectivity index (χ0) is 20.2. The highest BCUT2D eigenvalue weighted by Gasteiger charge is 2.37. The molecule has 0 saturated carbocycles. The predicted octanol–water partition coefficient (Wildman–Crippen LogP) is 3.99. The van der Waals surface area contributed by atoms with Crippen molar-refractivity contribution in [3.63, 3.8) is 0 Å². The fourth-order valence-electron chi connectivity index (χ4n) is 4.09. The van der Waals surface area contributed by atoms with Crippen LogP contribution in [0.3, 0.4) is 0 Å². The largest absolute Gasteiger partial charge is 0.370 e. The molecule has 0 aromatic heterocycles. The minimum atomic E-state index is -0.576. The first kappa shape index (κ1) is 19.9.